The quantitative estimate of drug-likeness (QED) is 0.654. The molecule has 2 aromatic rings. The molecule has 0 radical (unpaired) electrons. The monoisotopic (exact) mass is 270 g/mol. The molecule has 2 rings (SSSR count). The lowest BCUT2D eigenvalue weighted by atomic mass is 10.3. The molecule has 0 aliphatic rings. The molecule has 4 nitrogen and oxygen atoms in total. The van der Waals surface area contributed by atoms with E-state index in [0.29, 0.717) is 5.11 Å². The van der Waals surface area contributed by atoms with Gasteiger partial charge in [-0.25, -0.2) is 0 Å². The van der Waals surface area contributed by atoms with Crippen LogP contribution in [0.1, 0.15) is 0 Å². The van der Waals surface area contributed by atoms with Gasteiger partial charge >= 0.3 is 0 Å². The minimum absolute atomic E-state index is 0.582. The molecule has 0 fully saturated rings. The van der Waals surface area contributed by atoms with E-state index in [1.54, 1.807) is 7.05 Å². The normalized spacial score (nSPS) is 10.4. The zero-order valence-corrected chi connectivity index (χ0v) is 11.3. The van der Waals surface area contributed by atoms with Crippen LogP contribution in [0.4, 0.5) is 17.1 Å². The SMILES string of the molecule is CNC(=S)Nc1ccc(N=Nc2ccccc2)cc1. The number of rotatable bonds is 3. The van der Waals surface area contributed by atoms with Crippen molar-refractivity contribution in [2.24, 2.45) is 10.2 Å². The van der Waals surface area contributed by atoms with E-state index in [0.717, 1.165) is 17.1 Å². The van der Waals surface area contributed by atoms with Crippen molar-refractivity contribution < 1.29 is 0 Å². The summed E-state index contributed by atoms with van der Waals surface area (Å²) >= 11 is 5.02. The summed E-state index contributed by atoms with van der Waals surface area (Å²) in [6.07, 6.45) is 0. The van der Waals surface area contributed by atoms with Crippen molar-refractivity contribution in [3.8, 4) is 0 Å². The van der Waals surface area contributed by atoms with E-state index in [4.69, 9.17) is 12.2 Å². The van der Waals surface area contributed by atoms with E-state index in [9.17, 15) is 0 Å². The summed E-state index contributed by atoms with van der Waals surface area (Å²) in [4.78, 5) is 0. The van der Waals surface area contributed by atoms with Crippen LogP contribution in [0, 0.1) is 0 Å². The molecule has 0 heterocycles. The van der Waals surface area contributed by atoms with Crippen LogP contribution in [0.5, 0.6) is 0 Å². The van der Waals surface area contributed by atoms with Crippen LogP contribution in [0.3, 0.4) is 0 Å². The summed E-state index contributed by atoms with van der Waals surface area (Å²) in [5, 5.41) is 14.8. The van der Waals surface area contributed by atoms with Crippen molar-refractivity contribution in [3.63, 3.8) is 0 Å². The Morgan fingerprint density at radius 2 is 1.47 bits per heavy atom. The Kier molecular flexibility index (Phi) is 4.58. The predicted molar refractivity (Wildman–Crippen MR) is 82.3 cm³/mol. The Hall–Kier alpha value is -2.27. The molecule has 96 valence electrons. The van der Waals surface area contributed by atoms with E-state index >= 15 is 0 Å². The fraction of sp³-hybridized carbons (Fsp3) is 0.0714. The summed E-state index contributed by atoms with van der Waals surface area (Å²) in [7, 11) is 1.78. The van der Waals surface area contributed by atoms with Crippen LogP contribution in [0.15, 0.2) is 64.8 Å². The van der Waals surface area contributed by atoms with Gasteiger partial charge in [0, 0.05) is 12.7 Å². The van der Waals surface area contributed by atoms with Crippen LogP contribution in [-0.4, -0.2) is 12.2 Å². The molecule has 0 aliphatic carbocycles. The molecular weight excluding hydrogens is 256 g/mol. The molecule has 0 saturated carbocycles. The van der Waals surface area contributed by atoms with Gasteiger partial charge in [-0.15, -0.1) is 0 Å². The highest BCUT2D eigenvalue weighted by molar-refractivity contribution is 7.80. The summed E-state index contributed by atoms with van der Waals surface area (Å²) in [6.45, 7) is 0. The maximum Gasteiger partial charge on any atom is 0.170 e. The standard InChI is InChI=1S/C14H14N4S/c1-15-14(19)16-11-7-9-13(10-8-11)18-17-12-5-3-2-4-6-12/h2-10H,1H3,(H2,15,16,19). The Bertz CT molecular complexity index is 564. The zero-order valence-electron chi connectivity index (χ0n) is 10.5. The van der Waals surface area contributed by atoms with Crippen molar-refractivity contribution in [3.05, 3.63) is 54.6 Å². The van der Waals surface area contributed by atoms with E-state index in [2.05, 4.69) is 20.9 Å². The highest BCUT2D eigenvalue weighted by Gasteiger charge is 1.95. The molecule has 0 bridgehead atoms. The maximum atomic E-state index is 5.02. The second-order valence-corrected chi connectivity index (χ2v) is 4.19. The molecule has 0 atom stereocenters. The largest absolute Gasteiger partial charge is 0.366 e. The molecule has 0 aromatic heterocycles. The smallest absolute Gasteiger partial charge is 0.170 e. The molecule has 0 unspecified atom stereocenters. The average Bonchev–Trinajstić information content (AvgIpc) is 2.47. The van der Waals surface area contributed by atoms with Crippen LogP contribution in [-0.2, 0) is 0 Å². The molecule has 19 heavy (non-hydrogen) atoms. The lowest BCUT2D eigenvalue weighted by Gasteiger charge is -2.06. The number of hydrogen-bond donors (Lipinski definition) is 2. The minimum atomic E-state index is 0.582. The number of thiocarbonyl (C=S) groups is 1. The van der Waals surface area contributed by atoms with Crippen molar-refractivity contribution in [1.29, 1.82) is 0 Å². The number of nitrogens with zero attached hydrogens (tertiary/aromatic N) is 2. The summed E-state index contributed by atoms with van der Waals surface area (Å²) < 4.78 is 0. The molecule has 0 aliphatic heterocycles. The molecule has 5 heteroatoms. The number of nitrogens with one attached hydrogen (secondary N) is 2. The Labute approximate surface area is 117 Å². The van der Waals surface area contributed by atoms with Crippen molar-refractivity contribution in [1.82, 2.24) is 5.32 Å². The highest BCUT2D eigenvalue weighted by Crippen LogP contribution is 2.19. The third-order valence-corrected chi connectivity index (χ3v) is 2.70. The van der Waals surface area contributed by atoms with Crippen LogP contribution in [0.25, 0.3) is 0 Å². The topological polar surface area (TPSA) is 48.8 Å². The van der Waals surface area contributed by atoms with Gasteiger partial charge in [0.15, 0.2) is 5.11 Å². The fourth-order valence-corrected chi connectivity index (χ4v) is 1.53. The van der Waals surface area contributed by atoms with E-state index in [1.165, 1.54) is 0 Å². The van der Waals surface area contributed by atoms with E-state index < -0.39 is 0 Å². The number of azo groups is 1. The van der Waals surface area contributed by atoms with Gasteiger partial charge in [-0.05, 0) is 48.6 Å². The molecule has 2 aromatic carbocycles. The lowest BCUT2D eigenvalue weighted by molar-refractivity contribution is 1.19. The zero-order chi connectivity index (χ0) is 13.5. The summed E-state index contributed by atoms with van der Waals surface area (Å²) in [6, 6.07) is 17.2. The van der Waals surface area contributed by atoms with Gasteiger partial charge in [0.25, 0.3) is 0 Å². The van der Waals surface area contributed by atoms with Crippen LogP contribution < -0.4 is 10.6 Å². The van der Waals surface area contributed by atoms with E-state index in [1.807, 2.05) is 54.6 Å². The number of hydrogen-bond acceptors (Lipinski definition) is 3. The number of anilines is 1. The first-order valence-corrected chi connectivity index (χ1v) is 6.24. The van der Waals surface area contributed by atoms with Crippen molar-refractivity contribution >= 4 is 34.4 Å². The average molecular weight is 270 g/mol. The molecular formula is C14H14N4S. The summed E-state index contributed by atoms with van der Waals surface area (Å²) in [5.41, 5.74) is 2.55. The molecule has 2 N–H and O–H groups in total. The minimum Gasteiger partial charge on any atom is -0.366 e. The van der Waals surface area contributed by atoms with Gasteiger partial charge in [0.2, 0.25) is 0 Å². The Morgan fingerprint density at radius 1 is 0.895 bits per heavy atom. The van der Waals surface area contributed by atoms with Gasteiger partial charge in [-0.1, -0.05) is 18.2 Å². The molecule has 0 saturated heterocycles. The second-order valence-electron chi connectivity index (χ2n) is 3.79. The van der Waals surface area contributed by atoms with E-state index in [-0.39, 0.29) is 0 Å². The second kappa shape index (κ2) is 6.61. The molecule has 0 spiro atoms. The van der Waals surface area contributed by atoms with Gasteiger partial charge in [-0.3, -0.25) is 0 Å². The van der Waals surface area contributed by atoms with Crippen LogP contribution in [0.2, 0.25) is 0 Å². The number of benzene rings is 2. The van der Waals surface area contributed by atoms with Crippen molar-refractivity contribution in [2.75, 3.05) is 12.4 Å². The Morgan fingerprint density at radius 3 is 2.05 bits per heavy atom. The van der Waals surface area contributed by atoms with Gasteiger partial charge in [0.05, 0.1) is 11.4 Å². The summed E-state index contributed by atoms with van der Waals surface area (Å²) in [5.74, 6) is 0. The van der Waals surface area contributed by atoms with Gasteiger partial charge in [0.1, 0.15) is 0 Å². The van der Waals surface area contributed by atoms with Crippen molar-refractivity contribution in [2.45, 2.75) is 0 Å². The lowest BCUT2D eigenvalue weighted by Crippen LogP contribution is -2.23. The Balaban J connectivity index is 2.03. The first-order valence-electron chi connectivity index (χ1n) is 5.83. The third kappa shape index (κ3) is 4.15. The maximum absolute atomic E-state index is 5.02. The van der Waals surface area contributed by atoms with Crippen LogP contribution >= 0.6 is 12.2 Å². The van der Waals surface area contributed by atoms with Gasteiger partial charge < -0.3 is 10.6 Å². The van der Waals surface area contributed by atoms with Gasteiger partial charge in [-0.2, -0.15) is 10.2 Å². The molecule has 0 amide bonds. The third-order valence-electron chi connectivity index (χ3n) is 2.39. The predicted octanol–water partition coefficient (Wildman–Crippen LogP) is 4.02. The fourth-order valence-electron chi connectivity index (χ4n) is 1.42. The highest BCUT2D eigenvalue weighted by atomic mass is 32.1. The first kappa shape index (κ1) is 13.2. The first-order chi connectivity index (χ1) is 9.28.